The molecule has 1 amide bonds. The van der Waals surface area contributed by atoms with E-state index in [0.717, 1.165) is 30.0 Å². The molecule has 10 heteroatoms. The first kappa shape index (κ1) is 20.2. The number of benzene rings is 1. The second-order valence-corrected chi connectivity index (χ2v) is 6.07. The lowest BCUT2D eigenvalue weighted by atomic mass is 10.0. The monoisotopic (exact) mass is 389 g/mol. The summed E-state index contributed by atoms with van der Waals surface area (Å²) < 4.78 is 40.3. The molecule has 1 saturated carbocycles. The summed E-state index contributed by atoms with van der Waals surface area (Å²) in [5.41, 5.74) is 4.64. The molecular formula is C16H19ClF3N5O. The number of halogens is 4. The SMILES string of the molecule is Cl.NCC1CCCC1NC(=O)c1cn(-c2ccccc2C(F)(F)F)nn1. The number of alkyl halides is 3. The Morgan fingerprint density at radius 2 is 2.04 bits per heavy atom. The van der Waals surface area contributed by atoms with E-state index in [1.165, 1.54) is 24.4 Å². The molecular weight excluding hydrogens is 371 g/mol. The van der Waals surface area contributed by atoms with Crippen LogP contribution in [0, 0.1) is 5.92 Å². The van der Waals surface area contributed by atoms with E-state index in [1.807, 2.05) is 0 Å². The molecule has 2 aromatic rings. The van der Waals surface area contributed by atoms with Crippen molar-refractivity contribution in [2.75, 3.05) is 6.54 Å². The minimum absolute atomic E-state index is 0. The van der Waals surface area contributed by atoms with Gasteiger partial charge in [-0.25, -0.2) is 4.68 Å². The number of rotatable bonds is 4. The number of aromatic nitrogens is 3. The van der Waals surface area contributed by atoms with Crippen LogP contribution >= 0.6 is 12.4 Å². The molecule has 1 aliphatic rings. The molecule has 2 atom stereocenters. The second kappa shape index (κ2) is 8.05. The smallest absolute Gasteiger partial charge is 0.348 e. The van der Waals surface area contributed by atoms with Gasteiger partial charge in [0.05, 0.1) is 17.4 Å². The van der Waals surface area contributed by atoms with Crippen molar-refractivity contribution in [3.8, 4) is 5.69 Å². The summed E-state index contributed by atoms with van der Waals surface area (Å²) in [6.07, 6.45) is -0.556. The number of hydrogen-bond acceptors (Lipinski definition) is 4. The van der Waals surface area contributed by atoms with Crippen molar-refractivity contribution in [1.82, 2.24) is 20.3 Å². The zero-order valence-electron chi connectivity index (χ0n) is 13.7. The van der Waals surface area contributed by atoms with Gasteiger partial charge in [0.25, 0.3) is 5.91 Å². The fourth-order valence-corrected chi connectivity index (χ4v) is 3.15. The summed E-state index contributed by atoms with van der Waals surface area (Å²) in [7, 11) is 0. The van der Waals surface area contributed by atoms with Crippen LogP contribution in [0.25, 0.3) is 5.69 Å². The summed E-state index contributed by atoms with van der Waals surface area (Å²) in [5.74, 6) is -0.244. The Kier molecular flexibility index (Phi) is 6.25. The molecule has 3 N–H and O–H groups in total. The van der Waals surface area contributed by atoms with E-state index in [4.69, 9.17) is 5.73 Å². The Morgan fingerprint density at radius 1 is 1.31 bits per heavy atom. The van der Waals surface area contributed by atoms with Crippen LogP contribution in [0.2, 0.25) is 0 Å². The van der Waals surface area contributed by atoms with Crippen LogP contribution in [-0.2, 0) is 6.18 Å². The standard InChI is InChI=1S/C16H18F3N5O.ClH/c17-16(18,19)11-5-1-2-7-14(11)24-9-13(22-23-24)15(25)21-12-6-3-4-10(12)8-20;/h1-2,5,7,9-10,12H,3-4,6,8,20H2,(H,21,25);1H. The number of nitrogens with one attached hydrogen (secondary N) is 1. The Hall–Kier alpha value is -2.13. The van der Waals surface area contributed by atoms with Gasteiger partial charge in [0, 0.05) is 6.04 Å². The lowest BCUT2D eigenvalue weighted by molar-refractivity contribution is -0.137. The number of para-hydroxylation sites is 1. The molecule has 0 saturated heterocycles. The van der Waals surface area contributed by atoms with E-state index < -0.39 is 17.6 Å². The molecule has 1 fully saturated rings. The Balaban J connectivity index is 0.00000243. The van der Waals surface area contributed by atoms with Gasteiger partial charge < -0.3 is 11.1 Å². The number of nitrogens with zero attached hydrogens (tertiary/aromatic N) is 3. The second-order valence-electron chi connectivity index (χ2n) is 6.07. The normalized spacial score (nSPS) is 19.8. The van der Waals surface area contributed by atoms with Crippen LogP contribution in [0.5, 0.6) is 0 Å². The molecule has 0 radical (unpaired) electrons. The van der Waals surface area contributed by atoms with Gasteiger partial charge in [-0.15, -0.1) is 17.5 Å². The topological polar surface area (TPSA) is 85.8 Å². The Morgan fingerprint density at radius 3 is 2.73 bits per heavy atom. The van der Waals surface area contributed by atoms with E-state index in [-0.39, 0.29) is 35.7 Å². The van der Waals surface area contributed by atoms with E-state index in [0.29, 0.717) is 6.54 Å². The van der Waals surface area contributed by atoms with Gasteiger partial charge in [-0.05, 0) is 37.4 Å². The fourth-order valence-electron chi connectivity index (χ4n) is 3.15. The number of hydrogen-bond donors (Lipinski definition) is 2. The van der Waals surface area contributed by atoms with Crippen molar-refractivity contribution in [3.05, 3.63) is 41.7 Å². The first-order valence-corrected chi connectivity index (χ1v) is 8.00. The largest absolute Gasteiger partial charge is 0.418 e. The van der Waals surface area contributed by atoms with Crippen LogP contribution in [0.1, 0.15) is 35.3 Å². The van der Waals surface area contributed by atoms with E-state index >= 15 is 0 Å². The highest BCUT2D eigenvalue weighted by Gasteiger charge is 2.34. The molecule has 1 aliphatic carbocycles. The van der Waals surface area contributed by atoms with E-state index in [2.05, 4.69) is 15.6 Å². The number of nitrogens with two attached hydrogens (primary N) is 1. The predicted molar refractivity (Wildman–Crippen MR) is 91.3 cm³/mol. The maximum absolute atomic E-state index is 13.1. The molecule has 1 aromatic heterocycles. The highest BCUT2D eigenvalue weighted by atomic mass is 35.5. The number of amides is 1. The molecule has 26 heavy (non-hydrogen) atoms. The van der Waals surface area contributed by atoms with Gasteiger partial charge in [0.2, 0.25) is 0 Å². The van der Waals surface area contributed by atoms with Crippen molar-refractivity contribution in [1.29, 1.82) is 0 Å². The van der Waals surface area contributed by atoms with Gasteiger partial charge in [-0.2, -0.15) is 13.2 Å². The molecule has 6 nitrogen and oxygen atoms in total. The number of carbonyl (C=O) groups is 1. The van der Waals surface area contributed by atoms with Crippen molar-refractivity contribution >= 4 is 18.3 Å². The first-order chi connectivity index (χ1) is 11.9. The molecule has 142 valence electrons. The van der Waals surface area contributed by atoms with E-state index in [9.17, 15) is 18.0 Å². The Labute approximate surface area is 154 Å². The van der Waals surface area contributed by atoms with Gasteiger partial charge in [-0.3, -0.25) is 4.79 Å². The molecule has 1 heterocycles. The summed E-state index contributed by atoms with van der Waals surface area (Å²) >= 11 is 0. The van der Waals surface area contributed by atoms with Crippen LogP contribution in [0.15, 0.2) is 30.5 Å². The first-order valence-electron chi connectivity index (χ1n) is 8.00. The molecule has 1 aromatic carbocycles. The highest BCUT2D eigenvalue weighted by Crippen LogP contribution is 2.33. The third kappa shape index (κ3) is 4.16. The maximum atomic E-state index is 13.1. The summed E-state index contributed by atoms with van der Waals surface area (Å²) in [6, 6.07) is 4.97. The Bertz CT molecular complexity index is 764. The zero-order valence-corrected chi connectivity index (χ0v) is 14.6. The molecule has 0 aliphatic heterocycles. The van der Waals surface area contributed by atoms with Crippen LogP contribution in [0.4, 0.5) is 13.2 Å². The average Bonchev–Trinajstić information content (AvgIpc) is 3.23. The molecule has 2 unspecified atom stereocenters. The molecule has 3 rings (SSSR count). The van der Waals surface area contributed by atoms with Crippen LogP contribution in [0.3, 0.4) is 0 Å². The lowest BCUT2D eigenvalue weighted by Gasteiger charge is -2.18. The highest BCUT2D eigenvalue weighted by molar-refractivity contribution is 5.92. The van der Waals surface area contributed by atoms with Crippen molar-refractivity contribution < 1.29 is 18.0 Å². The van der Waals surface area contributed by atoms with Gasteiger partial charge >= 0.3 is 6.18 Å². The lowest BCUT2D eigenvalue weighted by Crippen LogP contribution is -2.40. The third-order valence-corrected chi connectivity index (χ3v) is 4.46. The minimum atomic E-state index is -4.52. The summed E-state index contributed by atoms with van der Waals surface area (Å²) in [4.78, 5) is 12.3. The van der Waals surface area contributed by atoms with Crippen LogP contribution in [-0.4, -0.2) is 33.5 Å². The van der Waals surface area contributed by atoms with Crippen molar-refractivity contribution in [2.24, 2.45) is 11.7 Å². The third-order valence-electron chi connectivity index (χ3n) is 4.46. The zero-order chi connectivity index (χ0) is 18.0. The minimum Gasteiger partial charge on any atom is -0.348 e. The average molecular weight is 390 g/mol. The summed E-state index contributed by atoms with van der Waals surface area (Å²) in [5, 5.41) is 10.2. The fraction of sp³-hybridized carbons (Fsp3) is 0.438. The van der Waals surface area contributed by atoms with Crippen LogP contribution < -0.4 is 11.1 Å². The van der Waals surface area contributed by atoms with Crippen molar-refractivity contribution in [3.63, 3.8) is 0 Å². The molecule has 0 bridgehead atoms. The van der Waals surface area contributed by atoms with E-state index in [1.54, 1.807) is 0 Å². The quantitative estimate of drug-likeness (QED) is 0.841. The van der Waals surface area contributed by atoms with Gasteiger partial charge in [0.15, 0.2) is 5.69 Å². The number of carbonyl (C=O) groups excluding carboxylic acids is 1. The summed E-state index contributed by atoms with van der Waals surface area (Å²) in [6.45, 7) is 0.483. The van der Waals surface area contributed by atoms with Gasteiger partial charge in [0.1, 0.15) is 0 Å². The predicted octanol–water partition coefficient (Wildman–Crippen LogP) is 2.57. The maximum Gasteiger partial charge on any atom is 0.418 e. The van der Waals surface area contributed by atoms with Crippen molar-refractivity contribution in [2.45, 2.75) is 31.5 Å². The molecule has 0 spiro atoms. The van der Waals surface area contributed by atoms with Gasteiger partial charge in [-0.1, -0.05) is 23.8 Å².